The van der Waals surface area contributed by atoms with Crippen molar-refractivity contribution in [3.8, 4) is 21.6 Å². The maximum Gasteiger partial charge on any atom is 0.412 e. The number of carbonyl (C=O) groups excluding carboxylic acids is 1. The molecule has 1 fully saturated rings. The first-order chi connectivity index (χ1) is 18.2. The van der Waals surface area contributed by atoms with E-state index in [0.717, 1.165) is 28.8 Å². The van der Waals surface area contributed by atoms with E-state index in [2.05, 4.69) is 5.32 Å². The topological polar surface area (TPSA) is 75.6 Å². The Morgan fingerprint density at radius 1 is 1.00 bits per heavy atom. The van der Waals surface area contributed by atoms with Crippen LogP contribution in [0.1, 0.15) is 37.0 Å². The molecule has 1 atom stereocenters. The van der Waals surface area contributed by atoms with Crippen LogP contribution in [0.25, 0.3) is 21.6 Å². The number of hydrogen-bond donors (Lipinski definition) is 2. The Morgan fingerprint density at radius 3 is 2.39 bits per heavy atom. The summed E-state index contributed by atoms with van der Waals surface area (Å²) in [6.45, 7) is 1.55. The molecule has 1 heterocycles. The normalized spacial score (nSPS) is 14.5. The number of carboxylic acids is 1. The Bertz CT molecular complexity index is 1540. The maximum absolute atomic E-state index is 13.6. The molecule has 5 nitrogen and oxygen atoms in total. The average molecular weight is 554 g/mol. The van der Waals surface area contributed by atoms with Crippen molar-refractivity contribution in [3.63, 3.8) is 0 Å². The molecule has 9 heteroatoms. The first kappa shape index (κ1) is 25.9. The smallest absolute Gasteiger partial charge is 0.412 e. The van der Waals surface area contributed by atoms with Crippen molar-refractivity contribution in [1.29, 1.82) is 0 Å². The summed E-state index contributed by atoms with van der Waals surface area (Å²) < 4.78 is 32.7. The van der Waals surface area contributed by atoms with Gasteiger partial charge >= 0.3 is 12.1 Å². The van der Waals surface area contributed by atoms with Crippen LogP contribution >= 0.6 is 22.9 Å². The van der Waals surface area contributed by atoms with Crippen LogP contribution in [0, 0.1) is 11.6 Å². The number of benzene rings is 3. The van der Waals surface area contributed by atoms with Gasteiger partial charge in [-0.25, -0.2) is 13.6 Å². The van der Waals surface area contributed by atoms with E-state index in [1.165, 1.54) is 17.4 Å². The van der Waals surface area contributed by atoms with E-state index in [0.29, 0.717) is 38.9 Å². The van der Waals surface area contributed by atoms with E-state index >= 15 is 0 Å². The summed E-state index contributed by atoms with van der Waals surface area (Å²) in [7, 11) is 0. The van der Waals surface area contributed by atoms with Gasteiger partial charge < -0.3 is 9.84 Å². The predicted molar refractivity (Wildman–Crippen MR) is 144 cm³/mol. The summed E-state index contributed by atoms with van der Waals surface area (Å²) in [5.74, 6) is -2.89. The molecule has 0 radical (unpaired) electrons. The molecular weight excluding hydrogens is 532 g/mol. The number of ether oxygens (including phenoxy) is 1. The third-order valence-electron chi connectivity index (χ3n) is 6.70. The Balaban J connectivity index is 1.49. The lowest BCUT2D eigenvalue weighted by Crippen LogP contribution is -2.19. The molecule has 194 valence electrons. The second kappa shape index (κ2) is 10.2. The van der Waals surface area contributed by atoms with Crippen molar-refractivity contribution in [2.24, 2.45) is 0 Å². The molecule has 0 bridgehead atoms. The Kier molecular flexibility index (Phi) is 6.94. The number of anilines is 1. The van der Waals surface area contributed by atoms with E-state index < -0.39 is 35.2 Å². The molecule has 1 aliphatic carbocycles. The number of hydrogen-bond acceptors (Lipinski definition) is 4. The number of amides is 1. The van der Waals surface area contributed by atoms with Crippen LogP contribution in [-0.2, 0) is 14.9 Å². The second-order valence-electron chi connectivity index (χ2n) is 9.15. The molecule has 1 amide bonds. The van der Waals surface area contributed by atoms with Crippen LogP contribution in [0.15, 0.2) is 72.8 Å². The van der Waals surface area contributed by atoms with E-state index in [4.69, 9.17) is 16.3 Å². The van der Waals surface area contributed by atoms with Gasteiger partial charge in [0.05, 0.1) is 20.3 Å². The number of thiophene rings is 1. The monoisotopic (exact) mass is 553 g/mol. The minimum Gasteiger partial charge on any atom is -0.481 e. The lowest BCUT2D eigenvalue weighted by molar-refractivity contribution is -0.140. The zero-order valence-corrected chi connectivity index (χ0v) is 21.7. The van der Waals surface area contributed by atoms with Crippen LogP contribution in [-0.4, -0.2) is 17.2 Å². The largest absolute Gasteiger partial charge is 0.481 e. The van der Waals surface area contributed by atoms with E-state index in [-0.39, 0.29) is 0 Å². The van der Waals surface area contributed by atoms with E-state index in [9.17, 15) is 23.5 Å². The highest BCUT2D eigenvalue weighted by atomic mass is 35.5. The van der Waals surface area contributed by atoms with Crippen molar-refractivity contribution in [1.82, 2.24) is 0 Å². The van der Waals surface area contributed by atoms with Crippen molar-refractivity contribution in [2.75, 3.05) is 5.32 Å². The van der Waals surface area contributed by atoms with Crippen molar-refractivity contribution in [3.05, 3.63) is 99.9 Å². The molecule has 0 spiro atoms. The summed E-state index contributed by atoms with van der Waals surface area (Å²) >= 11 is 7.62. The summed E-state index contributed by atoms with van der Waals surface area (Å²) in [5.41, 5.74) is 2.94. The van der Waals surface area contributed by atoms with Gasteiger partial charge in [0.1, 0.15) is 6.10 Å². The zero-order chi connectivity index (χ0) is 27.0. The molecule has 38 heavy (non-hydrogen) atoms. The maximum atomic E-state index is 13.6. The highest BCUT2D eigenvalue weighted by Gasteiger charge is 2.52. The highest BCUT2D eigenvalue weighted by Crippen LogP contribution is 2.51. The van der Waals surface area contributed by atoms with Crippen molar-refractivity contribution >= 4 is 40.7 Å². The average Bonchev–Trinajstić information content (AvgIpc) is 3.64. The van der Waals surface area contributed by atoms with Crippen LogP contribution in [0.3, 0.4) is 0 Å². The second-order valence-corrected chi connectivity index (χ2v) is 10.8. The molecule has 3 aromatic carbocycles. The Labute approximate surface area is 226 Å². The van der Waals surface area contributed by atoms with Crippen molar-refractivity contribution < 1.29 is 28.2 Å². The van der Waals surface area contributed by atoms with Gasteiger partial charge in [-0.1, -0.05) is 60.1 Å². The lowest BCUT2D eigenvalue weighted by atomic mass is 9.89. The van der Waals surface area contributed by atoms with Crippen LogP contribution in [0.2, 0.25) is 4.34 Å². The minimum atomic E-state index is -1.03. The Hall–Kier alpha value is -3.75. The van der Waals surface area contributed by atoms with Gasteiger partial charge in [0.15, 0.2) is 11.6 Å². The molecule has 1 aromatic heterocycles. The number of aliphatic carboxylic acids is 1. The van der Waals surface area contributed by atoms with Gasteiger partial charge in [-0.2, -0.15) is 0 Å². The number of halogens is 3. The number of rotatable bonds is 7. The summed E-state index contributed by atoms with van der Waals surface area (Å²) in [6, 6.07) is 20.1. The van der Waals surface area contributed by atoms with Gasteiger partial charge in [0, 0.05) is 5.56 Å². The van der Waals surface area contributed by atoms with Gasteiger partial charge in [-0.05, 0) is 66.3 Å². The number of carbonyl (C=O) groups is 2. The SMILES string of the molecule is CC(OC(=O)Nc1cc(Cl)sc1-c1cc(C2(C(=O)O)CC2)ccc1-c1ccccc1)c1ccc(F)c(F)c1. The number of nitrogens with one attached hydrogen (secondary N) is 1. The molecule has 4 aromatic rings. The fourth-order valence-corrected chi connectivity index (χ4v) is 5.65. The fourth-order valence-electron chi connectivity index (χ4n) is 4.44. The third kappa shape index (κ3) is 5.01. The Morgan fingerprint density at radius 2 is 1.74 bits per heavy atom. The molecule has 0 aliphatic heterocycles. The lowest BCUT2D eigenvalue weighted by Gasteiger charge is -2.17. The molecular formula is C29H22ClF2NO4S. The fraction of sp³-hybridized carbons (Fsp3) is 0.172. The summed E-state index contributed by atoms with van der Waals surface area (Å²) in [4.78, 5) is 25.5. The van der Waals surface area contributed by atoms with Crippen LogP contribution in [0.4, 0.5) is 19.3 Å². The molecule has 1 aliphatic rings. The standard InChI is InChI=1S/C29H22ClF2NO4S/c1-16(18-7-10-22(31)23(32)13-18)37-28(36)33-24-15-25(30)38-26(24)21-14-19(29(11-12-29)27(34)35)8-9-20(21)17-5-3-2-4-6-17/h2-10,13-16H,11-12H2,1H3,(H,33,36)(H,34,35). The van der Waals surface area contributed by atoms with Crippen LogP contribution < -0.4 is 5.32 Å². The van der Waals surface area contributed by atoms with Gasteiger partial charge in [0.25, 0.3) is 0 Å². The zero-order valence-electron chi connectivity index (χ0n) is 20.1. The molecule has 1 saturated carbocycles. The molecule has 0 saturated heterocycles. The first-order valence-corrected chi connectivity index (χ1v) is 13.0. The quantitative estimate of drug-likeness (QED) is 0.241. The summed E-state index contributed by atoms with van der Waals surface area (Å²) in [6.07, 6.45) is -0.552. The van der Waals surface area contributed by atoms with Gasteiger partial charge in [0.2, 0.25) is 0 Å². The van der Waals surface area contributed by atoms with Crippen LogP contribution in [0.5, 0.6) is 0 Å². The van der Waals surface area contributed by atoms with Gasteiger partial charge in [-0.15, -0.1) is 11.3 Å². The summed E-state index contributed by atoms with van der Waals surface area (Å²) in [5, 5.41) is 12.6. The first-order valence-electron chi connectivity index (χ1n) is 11.8. The number of carboxylic acid groups (broad SMARTS) is 1. The van der Waals surface area contributed by atoms with Crippen molar-refractivity contribution in [2.45, 2.75) is 31.3 Å². The van der Waals surface area contributed by atoms with E-state index in [1.54, 1.807) is 13.0 Å². The third-order valence-corrected chi connectivity index (χ3v) is 7.99. The molecule has 2 N–H and O–H groups in total. The minimum absolute atomic E-state index is 0.296. The highest BCUT2D eigenvalue weighted by molar-refractivity contribution is 7.20. The predicted octanol–water partition coefficient (Wildman–Crippen LogP) is 8.44. The van der Waals surface area contributed by atoms with Gasteiger partial charge in [-0.3, -0.25) is 10.1 Å². The van der Waals surface area contributed by atoms with E-state index in [1.807, 2.05) is 48.5 Å². The molecule has 1 unspecified atom stereocenters. The molecule has 5 rings (SSSR count).